The van der Waals surface area contributed by atoms with Crippen LogP contribution < -0.4 is 14.8 Å². The molecule has 3 heteroatoms. The van der Waals surface area contributed by atoms with Gasteiger partial charge in [-0.1, -0.05) is 0 Å². The molecule has 2 rings (SSSR count). The van der Waals surface area contributed by atoms with Gasteiger partial charge in [0.05, 0.1) is 14.2 Å². The zero-order valence-electron chi connectivity index (χ0n) is 10.7. The molecule has 0 aromatic heterocycles. The van der Waals surface area contributed by atoms with Crippen molar-refractivity contribution in [3.05, 3.63) is 23.8 Å². The minimum atomic E-state index is 0.892. The molecule has 3 nitrogen and oxygen atoms in total. The minimum absolute atomic E-state index is 0.892. The van der Waals surface area contributed by atoms with Crippen LogP contribution in [0, 0.1) is 5.92 Å². The second-order valence-electron chi connectivity index (χ2n) is 4.58. The highest BCUT2D eigenvalue weighted by Gasteiger charge is 2.20. The van der Waals surface area contributed by atoms with Crippen LogP contribution in [0.25, 0.3) is 0 Å². The van der Waals surface area contributed by atoms with Gasteiger partial charge in [-0.2, -0.15) is 0 Å². The van der Waals surface area contributed by atoms with Gasteiger partial charge in [0.2, 0.25) is 0 Å². The topological polar surface area (TPSA) is 30.5 Å². The Morgan fingerprint density at radius 1 is 1.24 bits per heavy atom. The van der Waals surface area contributed by atoms with E-state index < -0.39 is 0 Å². The molecule has 1 N–H and O–H groups in total. The average molecular weight is 235 g/mol. The molecule has 0 heterocycles. The molecule has 0 radical (unpaired) electrons. The molecule has 1 fully saturated rings. The molecule has 1 aromatic carbocycles. The van der Waals surface area contributed by atoms with E-state index in [0.29, 0.717) is 0 Å². The summed E-state index contributed by atoms with van der Waals surface area (Å²) in [5.41, 5.74) is 1.20. The Morgan fingerprint density at radius 3 is 2.71 bits per heavy atom. The Hall–Kier alpha value is -1.22. The van der Waals surface area contributed by atoms with Crippen molar-refractivity contribution in [3.8, 4) is 11.5 Å². The van der Waals surface area contributed by atoms with Crippen LogP contribution in [0.5, 0.6) is 11.5 Å². The molecule has 0 bridgehead atoms. The van der Waals surface area contributed by atoms with E-state index in [1.54, 1.807) is 14.2 Å². The van der Waals surface area contributed by atoms with Gasteiger partial charge < -0.3 is 14.8 Å². The maximum absolute atomic E-state index is 5.35. The largest absolute Gasteiger partial charge is 0.497 e. The van der Waals surface area contributed by atoms with Crippen LogP contribution in [-0.2, 0) is 6.42 Å². The minimum Gasteiger partial charge on any atom is -0.497 e. The normalized spacial score (nSPS) is 14.7. The number of ether oxygens (including phenoxy) is 2. The second-order valence-corrected chi connectivity index (χ2v) is 4.58. The first-order chi connectivity index (χ1) is 8.33. The Bertz CT molecular complexity index is 361. The maximum atomic E-state index is 5.35. The van der Waals surface area contributed by atoms with E-state index in [-0.39, 0.29) is 0 Å². The van der Waals surface area contributed by atoms with Crippen LogP contribution in [0.1, 0.15) is 18.4 Å². The zero-order chi connectivity index (χ0) is 12.1. The molecule has 17 heavy (non-hydrogen) atoms. The summed E-state index contributed by atoms with van der Waals surface area (Å²) in [5.74, 6) is 2.77. The Labute approximate surface area is 103 Å². The van der Waals surface area contributed by atoms with Crippen molar-refractivity contribution in [1.29, 1.82) is 0 Å². The molecule has 94 valence electrons. The fraction of sp³-hybridized carbons (Fsp3) is 0.571. The van der Waals surface area contributed by atoms with Gasteiger partial charge >= 0.3 is 0 Å². The van der Waals surface area contributed by atoms with Gasteiger partial charge in [0.25, 0.3) is 0 Å². The Balaban J connectivity index is 1.87. The molecule has 1 aliphatic rings. The lowest BCUT2D eigenvalue weighted by Gasteiger charge is -2.10. The van der Waals surface area contributed by atoms with Crippen LogP contribution in [0.15, 0.2) is 18.2 Å². The van der Waals surface area contributed by atoms with Crippen LogP contribution >= 0.6 is 0 Å². The highest BCUT2D eigenvalue weighted by atomic mass is 16.5. The Morgan fingerprint density at radius 2 is 2.06 bits per heavy atom. The van der Waals surface area contributed by atoms with E-state index in [0.717, 1.165) is 36.9 Å². The van der Waals surface area contributed by atoms with E-state index in [1.807, 2.05) is 12.1 Å². The molecule has 1 aliphatic carbocycles. The second kappa shape index (κ2) is 5.92. The van der Waals surface area contributed by atoms with E-state index in [9.17, 15) is 0 Å². The summed E-state index contributed by atoms with van der Waals surface area (Å²) in [7, 11) is 3.40. The first kappa shape index (κ1) is 12.2. The molecule has 0 aliphatic heterocycles. The summed E-state index contributed by atoms with van der Waals surface area (Å²) < 4.78 is 10.6. The lowest BCUT2D eigenvalue weighted by Crippen LogP contribution is -2.19. The first-order valence-electron chi connectivity index (χ1n) is 6.25. The summed E-state index contributed by atoms with van der Waals surface area (Å²) >= 11 is 0. The smallest absolute Gasteiger partial charge is 0.122 e. The number of methoxy groups -OCH3 is 2. The van der Waals surface area contributed by atoms with Crippen molar-refractivity contribution >= 4 is 0 Å². The molecule has 0 unspecified atom stereocenters. The van der Waals surface area contributed by atoms with Gasteiger partial charge in [-0.3, -0.25) is 0 Å². The summed E-state index contributed by atoms with van der Waals surface area (Å²) in [5, 5.41) is 3.49. The summed E-state index contributed by atoms with van der Waals surface area (Å²) in [4.78, 5) is 0. The molecule has 1 saturated carbocycles. The van der Waals surface area contributed by atoms with Crippen molar-refractivity contribution in [1.82, 2.24) is 5.32 Å². The predicted octanol–water partition coefficient (Wildman–Crippen LogP) is 2.25. The van der Waals surface area contributed by atoms with E-state index in [4.69, 9.17) is 9.47 Å². The SMILES string of the molecule is COc1ccc(OC)c(CCNCC2CC2)c1. The predicted molar refractivity (Wildman–Crippen MR) is 68.8 cm³/mol. The molecular weight excluding hydrogens is 214 g/mol. The molecule has 0 amide bonds. The quantitative estimate of drug-likeness (QED) is 0.735. The number of nitrogens with one attached hydrogen (secondary N) is 1. The van der Waals surface area contributed by atoms with Crippen molar-refractivity contribution in [2.24, 2.45) is 5.92 Å². The number of benzene rings is 1. The van der Waals surface area contributed by atoms with Gasteiger partial charge in [-0.05, 0) is 62.0 Å². The number of hydrogen-bond acceptors (Lipinski definition) is 3. The van der Waals surface area contributed by atoms with E-state index in [2.05, 4.69) is 11.4 Å². The summed E-state index contributed by atoms with van der Waals surface area (Å²) in [6.45, 7) is 2.16. The van der Waals surface area contributed by atoms with Crippen LogP contribution in [-0.4, -0.2) is 27.3 Å². The molecular formula is C14H21NO2. The Kier molecular flexibility index (Phi) is 4.26. The van der Waals surface area contributed by atoms with Crippen LogP contribution in [0.4, 0.5) is 0 Å². The third-order valence-electron chi connectivity index (χ3n) is 3.19. The van der Waals surface area contributed by atoms with Crippen molar-refractivity contribution in [3.63, 3.8) is 0 Å². The van der Waals surface area contributed by atoms with Gasteiger partial charge in [-0.25, -0.2) is 0 Å². The summed E-state index contributed by atoms with van der Waals surface area (Å²) in [6.07, 6.45) is 3.78. The van der Waals surface area contributed by atoms with Gasteiger partial charge in [0, 0.05) is 0 Å². The highest BCUT2D eigenvalue weighted by Crippen LogP contribution is 2.27. The molecule has 0 atom stereocenters. The van der Waals surface area contributed by atoms with E-state index in [1.165, 1.54) is 18.4 Å². The standard InChI is InChI=1S/C14H21NO2/c1-16-13-5-6-14(17-2)12(9-13)7-8-15-10-11-3-4-11/h5-6,9,11,15H,3-4,7-8,10H2,1-2H3. The third kappa shape index (κ3) is 3.63. The number of hydrogen-bond donors (Lipinski definition) is 1. The molecule has 1 aromatic rings. The van der Waals surface area contributed by atoms with Crippen LogP contribution in [0.2, 0.25) is 0 Å². The average Bonchev–Trinajstić information content (AvgIpc) is 3.18. The molecule has 0 spiro atoms. The first-order valence-corrected chi connectivity index (χ1v) is 6.25. The zero-order valence-corrected chi connectivity index (χ0v) is 10.7. The van der Waals surface area contributed by atoms with Gasteiger partial charge in [0.1, 0.15) is 11.5 Å². The monoisotopic (exact) mass is 235 g/mol. The summed E-state index contributed by atoms with van der Waals surface area (Å²) in [6, 6.07) is 5.95. The van der Waals surface area contributed by atoms with E-state index >= 15 is 0 Å². The van der Waals surface area contributed by atoms with Crippen molar-refractivity contribution in [2.45, 2.75) is 19.3 Å². The van der Waals surface area contributed by atoms with Crippen LogP contribution in [0.3, 0.4) is 0 Å². The highest BCUT2D eigenvalue weighted by molar-refractivity contribution is 5.40. The fourth-order valence-electron chi connectivity index (χ4n) is 1.93. The maximum Gasteiger partial charge on any atom is 0.122 e. The third-order valence-corrected chi connectivity index (χ3v) is 3.19. The molecule has 0 saturated heterocycles. The van der Waals surface area contributed by atoms with Gasteiger partial charge in [0.15, 0.2) is 0 Å². The lowest BCUT2D eigenvalue weighted by molar-refractivity contribution is 0.398. The lowest BCUT2D eigenvalue weighted by atomic mass is 10.1. The van der Waals surface area contributed by atoms with Crippen molar-refractivity contribution in [2.75, 3.05) is 27.3 Å². The van der Waals surface area contributed by atoms with Crippen molar-refractivity contribution < 1.29 is 9.47 Å². The van der Waals surface area contributed by atoms with Gasteiger partial charge in [-0.15, -0.1) is 0 Å². The fourth-order valence-corrected chi connectivity index (χ4v) is 1.93. The number of rotatable bonds is 7.